The summed E-state index contributed by atoms with van der Waals surface area (Å²) in [6.07, 6.45) is 3.08. The van der Waals surface area contributed by atoms with E-state index in [2.05, 4.69) is 10.6 Å². The first kappa shape index (κ1) is 46.4. The van der Waals surface area contributed by atoms with Gasteiger partial charge < -0.3 is 29.6 Å². The highest BCUT2D eigenvalue weighted by Gasteiger charge is 2.35. The van der Waals surface area contributed by atoms with Gasteiger partial charge in [0, 0.05) is 38.1 Å². The van der Waals surface area contributed by atoms with Crippen molar-refractivity contribution in [3.8, 4) is 11.5 Å². The molecule has 0 unspecified atom stereocenters. The number of esters is 2. The molecule has 0 radical (unpaired) electrons. The molecule has 18 heteroatoms. The number of fused-ring (bicyclic) bond motifs is 2. The maximum absolute atomic E-state index is 14.5. The van der Waals surface area contributed by atoms with Crippen molar-refractivity contribution >= 4 is 66.3 Å². The number of nitrogens with zero attached hydrogens (tertiary/aromatic N) is 2. The van der Waals surface area contributed by atoms with E-state index in [0.717, 1.165) is 8.61 Å². The van der Waals surface area contributed by atoms with E-state index in [-0.39, 0.29) is 104 Å². The summed E-state index contributed by atoms with van der Waals surface area (Å²) in [5.41, 5.74) is 1.42. The third-order valence-corrected chi connectivity index (χ3v) is 13.7. The Balaban J connectivity index is 1.52. The van der Waals surface area contributed by atoms with Gasteiger partial charge in [0.25, 0.3) is 20.0 Å². The zero-order chi connectivity index (χ0) is 45.5. The molecule has 16 nitrogen and oxygen atoms in total. The Kier molecular flexibility index (Phi) is 14.5. The number of nitrogens with one attached hydrogen (secondary N) is 2. The highest BCUT2D eigenvalue weighted by atomic mass is 32.2. The van der Waals surface area contributed by atoms with Gasteiger partial charge in [-0.2, -0.15) is 0 Å². The molecule has 328 valence electrons. The van der Waals surface area contributed by atoms with Crippen LogP contribution >= 0.6 is 0 Å². The number of rotatable bonds is 18. The normalized spacial score (nSPS) is 12.8. The maximum atomic E-state index is 14.5. The average Bonchev–Trinajstić information content (AvgIpc) is 3.25. The van der Waals surface area contributed by atoms with E-state index in [4.69, 9.17) is 18.9 Å². The van der Waals surface area contributed by atoms with E-state index in [1.54, 1.807) is 64.1 Å². The first-order chi connectivity index (χ1) is 29.5. The predicted molar refractivity (Wildman–Crippen MR) is 232 cm³/mol. The third-order valence-electron chi connectivity index (χ3n) is 9.86. The van der Waals surface area contributed by atoms with Crippen molar-refractivity contribution in [1.82, 2.24) is 8.61 Å². The van der Waals surface area contributed by atoms with Crippen LogP contribution in [-0.2, 0) is 39.1 Å². The van der Waals surface area contributed by atoms with Crippen LogP contribution in [0.2, 0.25) is 0 Å². The summed E-state index contributed by atoms with van der Waals surface area (Å²) in [6, 6.07) is 17.6. The number of methoxy groups -OCH3 is 2. The number of hydrogen-bond acceptors (Lipinski definition) is 14. The second-order valence-electron chi connectivity index (χ2n) is 13.5. The maximum Gasteiger partial charge on any atom is 0.303 e. The number of sulfonamides is 2. The van der Waals surface area contributed by atoms with Crippen molar-refractivity contribution in [2.75, 3.05) is 51.2 Å². The van der Waals surface area contributed by atoms with E-state index in [1.165, 1.54) is 76.6 Å². The molecule has 0 saturated heterocycles. The number of carbonyl (C=O) groups excluding carboxylic acids is 4. The lowest BCUT2D eigenvalue weighted by Crippen LogP contribution is -2.32. The molecule has 0 bridgehead atoms. The van der Waals surface area contributed by atoms with Crippen LogP contribution in [0.1, 0.15) is 73.4 Å². The van der Waals surface area contributed by atoms with Crippen molar-refractivity contribution in [1.29, 1.82) is 0 Å². The minimum absolute atomic E-state index is 0.0301. The molecule has 1 aliphatic carbocycles. The van der Waals surface area contributed by atoms with Gasteiger partial charge in [-0.15, -0.1) is 0 Å². The summed E-state index contributed by atoms with van der Waals surface area (Å²) in [4.78, 5) is 51.7. The molecule has 0 heterocycles. The monoisotopic (exact) mass is 888 g/mol. The molecule has 2 N–H and O–H groups in total. The molecule has 4 aromatic rings. The van der Waals surface area contributed by atoms with Gasteiger partial charge >= 0.3 is 11.9 Å². The fourth-order valence-corrected chi connectivity index (χ4v) is 10.0. The molecule has 0 aliphatic heterocycles. The molecule has 0 aromatic heterocycles. The minimum atomic E-state index is -4.20. The molecule has 62 heavy (non-hydrogen) atoms. The van der Waals surface area contributed by atoms with Crippen LogP contribution in [0.3, 0.4) is 0 Å². The molecule has 5 rings (SSSR count). The van der Waals surface area contributed by atoms with Crippen LogP contribution in [0.25, 0.3) is 0 Å². The average molecular weight is 889 g/mol. The van der Waals surface area contributed by atoms with E-state index in [1.807, 2.05) is 0 Å². The molecule has 4 aromatic carbocycles. The van der Waals surface area contributed by atoms with Crippen molar-refractivity contribution in [2.24, 2.45) is 0 Å². The van der Waals surface area contributed by atoms with Crippen LogP contribution in [0.4, 0.5) is 22.7 Å². The summed E-state index contributed by atoms with van der Waals surface area (Å²) in [6.45, 7) is 8.54. The minimum Gasteiger partial charge on any atom is -0.495 e. The molecule has 0 amide bonds. The van der Waals surface area contributed by atoms with Gasteiger partial charge in [0.15, 0.2) is 11.6 Å². The van der Waals surface area contributed by atoms with Gasteiger partial charge in [-0.25, -0.2) is 16.8 Å². The number of hydrogen-bond donors (Lipinski definition) is 2. The lowest BCUT2D eigenvalue weighted by atomic mass is 9.82. The molecule has 0 atom stereocenters. The quantitative estimate of drug-likeness (QED) is 0.0858. The van der Waals surface area contributed by atoms with Gasteiger partial charge in [-0.05, 0) is 76.2 Å². The number of likely N-dealkylation sites (N-methyl/N-ethyl adjacent to an activating group) is 2. The Morgan fingerprint density at radius 1 is 0.597 bits per heavy atom. The van der Waals surface area contributed by atoms with Crippen molar-refractivity contribution < 1.29 is 55.0 Å². The number of benzene rings is 4. The van der Waals surface area contributed by atoms with Gasteiger partial charge in [0.05, 0.1) is 69.3 Å². The van der Waals surface area contributed by atoms with Gasteiger partial charge in [0.1, 0.15) is 24.7 Å². The van der Waals surface area contributed by atoms with E-state index < -0.39 is 43.6 Å². The van der Waals surface area contributed by atoms with Gasteiger partial charge in [-0.1, -0.05) is 36.4 Å². The van der Waals surface area contributed by atoms with Crippen LogP contribution in [0, 0.1) is 0 Å². The fourth-order valence-electron chi connectivity index (χ4n) is 6.89. The Hall–Kier alpha value is -6.66. The van der Waals surface area contributed by atoms with Crippen molar-refractivity contribution in [2.45, 2.75) is 51.3 Å². The van der Waals surface area contributed by atoms with Crippen LogP contribution in [0.15, 0.2) is 106 Å². The topological polar surface area (TPSA) is 204 Å². The molecule has 1 aliphatic rings. The smallest absolute Gasteiger partial charge is 0.303 e. The summed E-state index contributed by atoms with van der Waals surface area (Å²) < 4.78 is 79.5. The van der Waals surface area contributed by atoms with Crippen molar-refractivity contribution in [3.63, 3.8) is 0 Å². The Labute approximate surface area is 361 Å². The number of anilines is 4. The van der Waals surface area contributed by atoms with Gasteiger partial charge in [-0.3, -0.25) is 27.8 Å². The highest BCUT2D eigenvalue weighted by molar-refractivity contribution is 7.89. The van der Waals surface area contributed by atoms with Crippen LogP contribution in [-0.4, -0.2) is 89.5 Å². The standard InChI is InChI=1S/C44H48N4O12S2/c1-9-29(25-59-27(5)49)47(11-3)61(53,54)31-19-21-39(57-7)37(23-31)45-35-17-13-15-33-41(35)43(51)34-16-14-18-36(42(34)44(33)52)46-38-24-32(20-22-40(38)58-8)62(55,56)48(12-4)30(10-2)26-60-28(6)50/h9-10,13-24,45-46H,11-12,25-26H2,1-8H3. The summed E-state index contributed by atoms with van der Waals surface area (Å²) in [5.74, 6) is -1.69. The van der Waals surface area contributed by atoms with Gasteiger partial charge in [0.2, 0.25) is 0 Å². The molecule has 0 saturated carbocycles. The number of ether oxygens (including phenoxy) is 4. The molecular weight excluding hydrogens is 841 g/mol. The Bertz CT molecular complexity index is 2530. The number of ketones is 2. The first-order valence-corrected chi connectivity index (χ1v) is 22.2. The van der Waals surface area contributed by atoms with E-state index in [0.29, 0.717) is 0 Å². The summed E-state index contributed by atoms with van der Waals surface area (Å²) >= 11 is 0. The number of allylic oxidation sites excluding steroid dienone is 2. The lowest BCUT2D eigenvalue weighted by Gasteiger charge is -2.26. The van der Waals surface area contributed by atoms with E-state index >= 15 is 0 Å². The van der Waals surface area contributed by atoms with Crippen LogP contribution in [0.5, 0.6) is 11.5 Å². The third kappa shape index (κ3) is 9.30. The highest BCUT2D eigenvalue weighted by Crippen LogP contribution is 2.41. The molecule has 0 fully saturated rings. The SMILES string of the molecule is CC=C(COC(C)=O)N(CC)S(=O)(=O)c1ccc(OC)c(Nc2cccc3c2C(=O)c2cccc(Nc4cc(S(=O)(=O)N(CC)C(=CC)COC(C)=O)ccc4OC)c2C3=O)c1. The zero-order valence-electron chi connectivity index (χ0n) is 35.5. The summed E-state index contributed by atoms with van der Waals surface area (Å²) in [5, 5.41) is 6.26. The van der Waals surface area contributed by atoms with Crippen LogP contribution < -0.4 is 20.1 Å². The summed E-state index contributed by atoms with van der Waals surface area (Å²) in [7, 11) is -5.61. The second-order valence-corrected chi connectivity index (χ2v) is 17.3. The zero-order valence-corrected chi connectivity index (χ0v) is 37.2. The largest absolute Gasteiger partial charge is 0.495 e. The molecular formula is C44H48N4O12S2. The predicted octanol–water partition coefficient (Wildman–Crippen LogP) is 6.92. The Morgan fingerprint density at radius 3 is 1.27 bits per heavy atom. The lowest BCUT2D eigenvalue weighted by molar-refractivity contribution is -0.141. The first-order valence-electron chi connectivity index (χ1n) is 19.4. The number of carbonyl (C=O) groups is 4. The second kappa shape index (κ2) is 19.4. The molecule has 0 spiro atoms. The van der Waals surface area contributed by atoms with E-state index in [9.17, 15) is 36.0 Å². The fraction of sp³-hybridized carbons (Fsp3) is 0.273. The van der Waals surface area contributed by atoms with Crippen molar-refractivity contribution in [3.05, 3.63) is 119 Å². The Morgan fingerprint density at radius 2 is 0.968 bits per heavy atom.